The molecule has 0 heterocycles. The summed E-state index contributed by atoms with van der Waals surface area (Å²) in [5.74, 6) is 0. The molecule has 0 saturated heterocycles. The topological polar surface area (TPSA) is 29.5 Å². The second-order valence-electron chi connectivity index (χ2n) is 0.765. The molecule has 0 radical (unpaired) electrons. The lowest BCUT2D eigenvalue weighted by molar-refractivity contribution is 0.406. The van der Waals surface area contributed by atoms with E-state index in [1.807, 2.05) is 6.92 Å². The molecular formula is C3H7BO2. The van der Waals surface area contributed by atoms with Crippen molar-refractivity contribution in [2.75, 3.05) is 0 Å². The Morgan fingerprint density at radius 1 is 1.83 bits per heavy atom. The highest BCUT2D eigenvalue weighted by molar-refractivity contribution is 6.16. The molecule has 0 unspecified atom stereocenters. The third-order valence-corrected chi connectivity index (χ3v) is 0.307. The first kappa shape index (κ1) is 5.56. The van der Waals surface area contributed by atoms with E-state index in [0.717, 1.165) is 0 Å². The molecule has 0 saturated carbocycles. The lowest BCUT2D eigenvalue weighted by Gasteiger charge is -1.83. The quantitative estimate of drug-likeness (QED) is 0.372. The van der Waals surface area contributed by atoms with Gasteiger partial charge in [0.25, 0.3) is 0 Å². The largest absolute Gasteiger partial charge is 0.545 e. The molecule has 0 aromatic rings. The van der Waals surface area contributed by atoms with Gasteiger partial charge in [0.05, 0.1) is 6.26 Å². The van der Waals surface area contributed by atoms with Gasteiger partial charge in [-0.15, -0.1) is 0 Å². The zero-order valence-corrected chi connectivity index (χ0v) is 3.72. The number of hydrogen-bond donors (Lipinski definition) is 1. The van der Waals surface area contributed by atoms with Gasteiger partial charge in [0.15, 0.2) is 0 Å². The van der Waals surface area contributed by atoms with Gasteiger partial charge >= 0.3 is 7.69 Å². The molecule has 0 fully saturated rings. The summed E-state index contributed by atoms with van der Waals surface area (Å²) in [7, 11) is -0.232. The lowest BCUT2D eigenvalue weighted by Crippen LogP contribution is -1.86. The molecule has 0 aliphatic carbocycles. The van der Waals surface area contributed by atoms with Crippen LogP contribution in [0.25, 0.3) is 0 Å². The minimum atomic E-state index is -0.232. The van der Waals surface area contributed by atoms with Crippen molar-refractivity contribution in [3.05, 3.63) is 12.3 Å². The monoisotopic (exact) mass is 86.1 g/mol. The van der Waals surface area contributed by atoms with E-state index in [0.29, 0.717) is 0 Å². The minimum absolute atomic E-state index is 0.232. The fourth-order valence-corrected chi connectivity index (χ4v) is 0.139. The van der Waals surface area contributed by atoms with Gasteiger partial charge in [0.1, 0.15) is 0 Å². The lowest BCUT2D eigenvalue weighted by atomic mass is 10.4. The van der Waals surface area contributed by atoms with Crippen LogP contribution < -0.4 is 0 Å². The van der Waals surface area contributed by atoms with Crippen LogP contribution in [0.5, 0.6) is 0 Å². The van der Waals surface area contributed by atoms with E-state index in [2.05, 4.69) is 4.65 Å². The van der Waals surface area contributed by atoms with Gasteiger partial charge in [-0.2, -0.15) is 0 Å². The Morgan fingerprint density at radius 2 is 2.50 bits per heavy atom. The maximum atomic E-state index is 7.92. The van der Waals surface area contributed by atoms with E-state index in [1.165, 1.54) is 6.26 Å². The highest BCUT2D eigenvalue weighted by Crippen LogP contribution is 1.67. The normalized spacial score (nSPS) is 9.00. The Kier molecular flexibility index (Phi) is 4.23. The van der Waals surface area contributed by atoms with Gasteiger partial charge in [0.2, 0.25) is 0 Å². The van der Waals surface area contributed by atoms with E-state index in [9.17, 15) is 0 Å². The molecule has 0 rings (SSSR count). The van der Waals surface area contributed by atoms with Crippen LogP contribution in [0.2, 0.25) is 0 Å². The average molecular weight is 85.9 g/mol. The molecule has 0 aliphatic heterocycles. The van der Waals surface area contributed by atoms with Gasteiger partial charge < -0.3 is 9.68 Å². The molecule has 0 aromatic carbocycles. The van der Waals surface area contributed by atoms with E-state index < -0.39 is 0 Å². The number of rotatable bonds is 2. The van der Waals surface area contributed by atoms with Gasteiger partial charge in [0, 0.05) is 0 Å². The van der Waals surface area contributed by atoms with Crippen LogP contribution in [0.1, 0.15) is 6.92 Å². The molecule has 0 atom stereocenters. The molecule has 0 bridgehead atoms. The average Bonchev–Trinajstić information content (AvgIpc) is 1.61. The number of hydrogen-bond acceptors (Lipinski definition) is 2. The predicted octanol–water partition coefficient (Wildman–Crippen LogP) is -0.205. The van der Waals surface area contributed by atoms with Gasteiger partial charge in [-0.25, -0.2) is 0 Å². The molecule has 34 valence electrons. The Hall–Kier alpha value is -0.435. The highest BCUT2D eigenvalue weighted by atomic mass is 16.5. The van der Waals surface area contributed by atoms with E-state index in [-0.39, 0.29) is 7.69 Å². The molecule has 0 aromatic heterocycles. The van der Waals surface area contributed by atoms with Crippen LogP contribution in [-0.2, 0) is 4.65 Å². The highest BCUT2D eigenvalue weighted by Gasteiger charge is 1.69. The molecular weight excluding hydrogens is 78.8 g/mol. The van der Waals surface area contributed by atoms with Crippen molar-refractivity contribution in [2.45, 2.75) is 6.92 Å². The van der Waals surface area contributed by atoms with E-state index in [1.54, 1.807) is 6.08 Å². The Balaban J connectivity index is 2.66. The Bertz CT molecular complexity index is 44.1. The van der Waals surface area contributed by atoms with Crippen LogP contribution in [0.4, 0.5) is 0 Å². The Labute approximate surface area is 37.7 Å². The second-order valence-corrected chi connectivity index (χ2v) is 0.765. The van der Waals surface area contributed by atoms with Crippen molar-refractivity contribution in [1.29, 1.82) is 0 Å². The molecule has 0 spiro atoms. The summed E-state index contributed by atoms with van der Waals surface area (Å²) in [5, 5.41) is 7.92. The summed E-state index contributed by atoms with van der Waals surface area (Å²) < 4.78 is 4.36. The summed E-state index contributed by atoms with van der Waals surface area (Å²) in [6.07, 6.45) is 3.14. The van der Waals surface area contributed by atoms with Crippen molar-refractivity contribution in [2.24, 2.45) is 0 Å². The maximum Gasteiger partial charge on any atom is 0.503 e. The van der Waals surface area contributed by atoms with Crippen LogP contribution in [0, 0.1) is 0 Å². The fraction of sp³-hybridized carbons (Fsp3) is 0.333. The molecule has 3 heteroatoms. The van der Waals surface area contributed by atoms with Crippen LogP contribution in [0.3, 0.4) is 0 Å². The van der Waals surface area contributed by atoms with Crippen molar-refractivity contribution < 1.29 is 9.68 Å². The minimum Gasteiger partial charge on any atom is -0.545 e. The summed E-state index contributed by atoms with van der Waals surface area (Å²) in [5.41, 5.74) is 0. The zero-order valence-electron chi connectivity index (χ0n) is 3.72. The van der Waals surface area contributed by atoms with Crippen LogP contribution >= 0.6 is 0 Å². The maximum absolute atomic E-state index is 7.92. The van der Waals surface area contributed by atoms with Crippen molar-refractivity contribution >= 4 is 7.69 Å². The van der Waals surface area contributed by atoms with Gasteiger partial charge in [-0.3, -0.25) is 0 Å². The smallest absolute Gasteiger partial charge is 0.503 e. The van der Waals surface area contributed by atoms with Gasteiger partial charge in [-0.1, -0.05) is 6.08 Å². The van der Waals surface area contributed by atoms with Crippen molar-refractivity contribution in [3.8, 4) is 0 Å². The molecule has 0 aliphatic rings. The summed E-state index contributed by atoms with van der Waals surface area (Å²) in [6.45, 7) is 1.82. The summed E-state index contributed by atoms with van der Waals surface area (Å²) >= 11 is 0. The SMILES string of the molecule is C/C=C\OBO. The first-order chi connectivity index (χ1) is 2.91. The Morgan fingerprint density at radius 3 is 2.67 bits per heavy atom. The third kappa shape index (κ3) is 3.56. The first-order valence-corrected chi connectivity index (χ1v) is 1.75. The summed E-state index contributed by atoms with van der Waals surface area (Å²) in [6, 6.07) is 0. The molecule has 6 heavy (non-hydrogen) atoms. The molecule has 1 N–H and O–H groups in total. The molecule has 2 nitrogen and oxygen atoms in total. The van der Waals surface area contributed by atoms with E-state index in [4.69, 9.17) is 5.02 Å². The van der Waals surface area contributed by atoms with Gasteiger partial charge in [-0.05, 0) is 6.92 Å². The summed E-state index contributed by atoms with van der Waals surface area (Å²) in [4.78, 5) is 0. The zero-order chi connectivity index (χ0) is 4.83. The third-order valence-electron chi connectivity index (χ3n) is 0.307. The van der Waals surface area contributed by atoms with Crippen LogP contribution in [0.15, 0.2) is 12.3 Å². The number of allylic oxidation sites excluding steroid dienone is 1. The fourth-order valence-electron chi connectivity index (χ4n) is 0.139. The van der Waals surface area contributed by atoms with Crippen LogP contribution in [-0.4, -0.2) is 12.7 Å². The van der Waals surface area contributed by atoms with E-state index >= 15 is 0 Å². The van der Waals surface area contributed by atoms with Crippen molar-refractivity contribution in [3.63, 3.8) is 0 Å². The standard InChI is InChI=1S/C3H7BO2/c1-2-3-6-4-5/h2-5H,1H3/b3-2-. The molecule has 0 amide bonds. The van der Waals surface area contributed by atoms with Crippen molar-refractivity contribution in [1.82, 2.24) is 0 Å². The first-order valence-electron chi connectivity index (χ1n) is 1.75. The predicted molar refractivity (Wildman–Crippen MR) is 25.3 cm³/mol. The second kappa shape index (κ2) is 4.56.